The fourth-order valence-electron chi connectivity index (χ4n) is 4.96. The second-order valence-corrected chi connectivity index (χ2v) is 10.6. The molecular weight excluding hydrogens is 684 g/mol. The molecule has 4 aromatic carbocycles. The molecule has 0 aliphatic rings. The van der Waals surface area contributed by atoms with Gasteiger partial charge in [-0.05, 0) is 57.6 Å². The van der Waals surface area contributed by atoms with Crippen LogP contribution in [0.15, 0.2) is 84.9 Å². The van der Waals surface area contributed by atoms with Crippen LogP contribution in [0.3, 0.4) is 0 Å². The Labute approximate surface area is 269 Å². The maximum absolute atomic E-state index is 13.5. The molecule has 0 atom stereocenters. The average molecular weight is 707 g/mol. The minimum Gasteiger partial charge on any atom is -0.352 e. The normalized spacial score (nSPS) is 12.5. The largest absolute Gasteiger partial charge is 0.417 e. The molecule has 16 heteroatoms. The highest BCUT2D eigenvalue weighted by atomic mass is 19.4. The van der Waals surface area contributed by atoms with Gasteiger partial charge in [0.2, 0.25) is 11.8 Å². The number of amides is 2. The molecular formula is C33H22F12N2O2. The van der Waals surface area contributed by atoms with E-state index in [9.17, 15) is 62.3 Å². The van der Waals surface area contributed by atoms with Gasteiger partial charge in [-0.2, -0.15) is 52.7 Å². The standard InChI is InChI=1S/C33H22F12N2O2/c34-30(35,36)24-11-9-18(13-26(24)32(40,41)42)22-7-3-1-5-20(22)16-46-28(48)15-29(49)47-17-21-6-2-4-8-23(21)19-10-12-25(31(37,38)39)27(14-19)33(43,44)45/h1-14H,15-17H2,(H,46,48)(H,47,49). The Bertz CT molecular complexity index is 1710. The summed E-state index contributed by atoms with van der Waals surface area (Å²) in [5, 5.41) is 4.79. The second kappa shape index (κ2) is 13.8. The number of halogens is 12. The average Bonchev–Trinajstić information content (AvgIpc) is 3.01. The summed E-state index contributed by atoms with van der Waals surface area (Å²) in [4.78, 5) is 25.0. The van der Waals surface area contributed by atoms with E-state index in [-0.39, 0.29) is 46.5 Å². The third-order valence-electron chi connectivity index (χ3n) is 7.19. The van der Waals surface area contributed by atoms with E-state index in [0.717, 1.165) is 12.1 Å². The van der Waals surface area contributed by atoms with Crippen LogP contribution in [0, 0.1) is 0 Å². The van der Waals surface area contributed by atoms with Gasteiger partial charge in [-0.1, -0.05) is 60.7 Å². The SMILES string of the molecule is O=C(CC(=O)NCc1ccccc1-c1ccc(C(F)(F)F)c(C(F)(F)F)c1)NCc1ccccc1-c1ccc(C(F)(F)F)c(C(F)(F)F)c1. The fourth-order valence-corrected chi connectivity index (χ4v) is 4.96. The Morgan fingerprint density at radius 1 is 0.449 bits per heavy atom. The van der Waals surface area contributed by atoms with Crippen LogP contribution in [0.2, 0.25) is 0 Å². The molecule has 0 unspecified atom stereocenters. The molecule has 0 aromatic heterocycles. The molecule has 2 N–H and O–H groups in total. The van der Waals surface area contributed by atoms with Gasteiger partial charge in [-0.25, -0.2) is 0 Å². The summed E-state index contributed by atoms with van der Waals surface area (Å²) < 4.78 is 160. The highest BCUT2D eigenvalue weighted by Crippen LogP contribution is 2.43. The van der Waals surface area contributed by atoms with Gasteiger partial charge in [0.25, 0.3) is 0 Å². The van der Waals surface area contributed by atoms with Gasteiger partial charge < -0.3 is 10.6 Å². The predicted molar refractivity (Wildman–Crippen MR) is 152 cm³/mol. The summed E-state index contributed by atoms with van der Waals surface area (Å²) in [6.45, 7) is -0.661. The lowest BCUT2D eigenvalue weighted by molar-refractivity contribution is -0.162. The molecule has 0 saturated carbocycles. The minimum absolute atomic E-state index is 0.0834. The molecule has 0 heterocycles. The zero-order valence-corrected chi connectivity index (χ0v) is 24.6. The molecule has 2 amide bonds. The maximum atomic E-state index is 13.5. The second-order valence-electron chi connectivity index (χ2n) is 10.6. The number of hydrogen-bond donors (Lipinski definition) is 2. The van der Waals surface area contributed by atoms with Crippen LogP contribution in [0.4, 0.5) is 52.7 Å². The summed E-state index contributed by atoms with van der Waals surface area (Å²) in [6.07, 6.45) is -21.9. The molecule has 0 fully saturated rings. The van der Waals surface area contributed by atoms with Crippen LogP contribution in [-0.4, -0.2) is 11.8 Å². The molecule has 0 saturated heterocycles. The predicted octanol–water partition coefficient (Wildman–Crippen LogP) is 9.42. The van der Waals surface area contributed by atoms with Crippen molar-refractivity contribution >= 4 is 11.8 Å². The summed E-state index contributed by atoms with van der Waals surface area (Å²) in [5.74, 6) is -1.72. The molecule has 0 aliphatic heterocycles. The topological polar surface area (TPSA) is 58.2 Å². The lowest BCUT2D eigenvalue weighted by atomic mass is 9.95. The van der Waals surface area contributed by atoms with Gasteiger partial charge in [0.1, 0.15) is 6.42 Å². The number of carbonyl (C=O) groups excluding carboxylic acids is 2. The van der Waals surface area contributed by atoms with Crippen molar-refractivity contribution in [1.82, 2.24) is 10.6 Å². The Balaban J connectivity index is 1.44. The third kappa shape index (κ3) is 9.12. The Kier molecular flexibility index (Phi) is 10.4. The number of nitrogens with one attached hydrogen (secondary N) is 2. The van der Waals surface area contributed by atoms with Crippen molar-refractivity contribution in [3.8, 4) is 22.3 Å². The van der Waals surface area contributed by atoms with Gasteiger partial charge >= 0.3 is 24.7 Å². The summed E-state index contributed by atoms with van der Waals surface area (Å²) in [5.41, 5.74) is -7.35. The molecule has 49 heavy (non-hydrogen) atoms. The number of alkyl halides is 12. The van der Waals surface area contributed by atoms with E-state index >= 15 is 0 Å². The highest BCUT2D eigenvalue weighted by molar-refractivity contribution is 5.97. The van der Waals surface area contributed by atoms with Gasteiger partial charge in [0.05, 0.1) is 22.3 Å². The fraction of sp³-hybridized carbons (Fsp3) is 0.212. The van der Waals surface area contributed by atoms with Crippen LogP contribution in [0.1, 0.15) is 39.8 Å². The highest BCUT2D eigenvalue weighted by Gasteiger charge is 2.44. The van der Waals surface area contributed by atoms with Crippen LogP contribution in [0.5, 0.6) is 0 Å². The number of rotatable bonds is 8. The first-order valence-corrected chi connectivity index (χ1v) is 13.9. The van der Waals surface area contributed by atoms with E-state index in [1.165, 1.54) is 48.5 Å². The van der Waals surface area contributed by atoms with Crippen molar-refractivity contribution in [2.75, 3.05) is 0 Å². The van der Waals surface area contributed by atoms with Crippen LogP contribution < -0.4 is 10.6 Å². The van der Waals surface area contributed by atoms with E-state index in [2.05, 4.69) is 10.6 Å². The Morgan fingerprint density at radius 3 is 1.10 bits per heavy atom. The van der Waals surface area contributed by atoms with Crippen molar-refractivity contribution in [1.29, 1.82) is 0 Å². The van der Waals surface area contributed by atoms with Crippen molar-refractivity contribution < 1.29 is 62.3 Å². The Hall–Kier alpha value is -5.02. The smallest absolute Gasteiger partial charge is 0.352 e. The molecule has 0 bridgehead atoms. The number of benzene rings is 4. The molecule has 4 rings (SSSR count). The molecule has 0 aliphatic carbocycles. The van der Waals surface area contributed by atoms with Crippen molar-refractivity contribution in [2.24, 2.45) is 0 Å². The summed E-state index contributed by atoms with van der Waals surface area (Å²) in [7, 11) is 0. The molecule has 0 spiro atoms. The zero-order chi connectivity index (χ0) is 36.4. The van der Waals surface area contributed by atoms with Gasteiger partial charge in [-0.3, -0.25) is 9.59 Å². The minimum atomic E-state index is -5.32. The zero-order valence-electron chi connectivity index (χ0n) is 24.6. The quantitative estimate of drug-likeness (QED) is 0.142. The summed E-state index contributed by atoms with van der Waals surface area (Å²) >= 11 is 0. The third-order valence-corrected chi connectivity index (χ3v) is 7.19. The van der Waals surface area contributed by atoms with Gasteiger partial charge in [-0.15, -0.1) is 0 Å². The first-order chi connectivity index (χ1) is 22.7. The monoisotopic (exact) mass is 706 g/mol. The molecule has 260 valence electrons. The van der Waals surface area contributed by atoms with Crippen molar-refractivity contribution in [3.63, 3.8) is 0 Å². The maximum Gasteiger partial charge on any atom is 0.417 e. The van der Waals surface area contributed by atoms with E-state index in [0.29, 0.717) is 24.3 Å². The first-order valence-electron chi connectivity index (χ1n) is 13.9. The van der Waals surface area contributed by atoms with E-state index in [1.54, 1.807) is 0 Å². The lowest BCUT2D eigenvalue weighted by Crippen LogP contribution is -2.31. The van der Waals surface area contributed by atoms with E-state index in [1.807, 2.05) is 0 Å². The van der Waals surface area contributed by atoms with Crippen LogP contribution in [-0.2, 0) is 47.4 Å². The molecule has 0 radical (unpaired) electrons. The van der Waals surface area contributed by atoms with Crippen LogP contribution >= 0.6 is 0 Å². The summed E-state index contributed by atoms with van der Waals surface area (Å²) in [6, 6.07) is 14.3. The van der Waals surface area contributed by atoms with Crippen LogP contribution in [0.25, 0.3) is 22.3 Å². The Morgan fingerprint density at radius 2 is 0.776 bits per heavy atom. The number of hydrogen-bond acceptors (Lipinski definition) is 2. The van der Waals surface area contributed by atoms with Crippen molar-refractivity contribution in [3.05, 3.63) is 118 Å². The molecule has 4 nitrogen and oxygen atoms in total. The van der Waals surface area contributed by atoms with E-state index in [4.69, 9.17) is 0 Å². The first kappa shape index (κ1) is 36.8. The lowest BCUT2D eigenvalue weighted by Gasteiger charge is -2.18. The molecule has 4 aromatic rings. The van der Waals surface area contributed by atoms with E-state index < -0.39 is 65.2 Å². The number of carbonyl (C=O) groups is 2. The van der Waals surface area contributed by atoms with Gasteiger partial charge in [0.15, 0.2) is 0 Å². The van der Waals surface area contributed by atoms with Crippen molar-refractivity contribution in [2.45, 2.75) is 44.2 Å². The van der Waals surface area contributed by atoms with Gasteiger partial charge in [0, 0.05) is 13.1 Å².